The Kier molecular flexibility index (Phi) is 3.92. The van der Waals surface area contributed by atoms with Crippen LogP contribution in [-0.2, 0) is 10.0 Å². The number of carbonyl (C=O) groups is 1. The van der Waals surface area contributed by atoms with Gasteiger partial charge in [0.05, 0.1) is 4.90 Å². The van der Waals surface area contributed by atoms with Gasteiger partial charge in [-0.1, -0.05) is 6.07 Å². The summed E-state index contributed by atoms with van der Waals surface area (Å²) >= 11 is 0. The van der Waals surface area contributed by atoms with Crippen molar-refractivity contribution in [2.45, 2.75) is 11.8 Å². The molecule has 1 aromatic heterocycles. The van der Waals surface area contributed by atoms with E-state index in [0.717, 1.165) is 6.07 Å². The fourth-order valence-electron chi connectivity index (χ4n) is 1.84. The summed E-state index contributed by atoms with van der Waals surface area (Å²) in [7, 11) is -3.87. The highest BCUT2D eigenvalue weighted by Gasteiger charge is 2.15. The third-order valence-electron chi connectivity index (χ3n) is 2.88. The summed E-state index contributed by atoms with van der Waals surface area (Å²) in [5.41, 5.74) is 0.404. The highest BCUT2D eigenvalue weighted by Crippen LogP contribution is 2.22. The predicted molar refractivity (Wildman–Crippen MR) is 77.6 cm³/mol. The molecule has 1 aromatic carbocycles. The van der Waals surface area contributed by atoms with Gasteiger partial charge in [0.25, 0.3) is 5.91 Å². The second-order valence-electron chi connectivity index (χ2n) is 4.37. The average molecular weight is 307 g/mol. The summed E-state index contributed by atoms with van der Waals surface area (Å²) in [6.45, 7) is 1.53. The number of amides is 1. The number of pyridine rings is 1. The predicted octanol–water partition coefficient (Wildman–Crippen LogP) is 0.583. The van der Waals surface area contributed by atoms with Crippen LogP contribution in [0.3, 0.4) is 0 Å². The number of hydrogen-bond acceptors (Lipinski definition) is 4. The Morgan fingerprint density at radius 3 is 2.62 bits per heavy atom. The Morgan fingerprint density at radius 1 is 1.29 bits per heavy atom. The summed E-state index contributed by atoms with van der Waals surface area (Å²) in [6, 6.07) is 6.96. The van der Waals surface area contributed by atoms with Crippen LogP contribution < -0.4 is 16.0 Å². The average Bonchev–Trinajstić information content (AvgIpc) is 2.39. The van der Waals surface area contributed by atoms with E-state index in [1.807, 2.05) is 0 Å². The molecule has 0 atom stereocenters. The van der Waals surface area contributed by atoms with Crippen molar-refractivity contribution in [3.63, 3.8) is 0 Å². The minimum atomic E-state index is -3.87. The summed E-state index contributed by atoms with van der Waals surface area (Å²) in [6.07, 6.45) is 1.35. The molecule has 21 heavy (non-hydrogen) atoms. The van der Waals surface area contributed by atoms with Crippen molar-refractivity contribution >= 4 is 21.6 Å². The Labute approximate surface area is 120 Å². The maximum absolute atomic E-state index is 12.0. The molecule has 7 nitrogen and oxygen atoms in total. The lowest BCUT2D eigenvalue weighted by Crippen LogP contribution is -2.18. The first-order chi connectivity index (χ1) is 9.79. The van der Waals surface area contributed by atoms with E-state index >= 15 is 0 Å². The second kappa shape index (κ2) is 5.51. The zero-order valence-electron chi connectivity index (χ0n) is 11.1. The van der Waals surface area contributed by atoms with Crippen molar-refractivity contribution in [2.75, 3.05) is 5.32 Å². The molecule has 0 saturated heterocycles. The molecular weight excluding hydrogens is 294 g/mol. The van der Waals surface area contributed by atoms with Gasteiger partial charge >= 0.3 is 0 Å². The van der Waals surface area contributed by atoms with Gasteiger partial charge in [0.2, 0.25) is 15.6 Å². The smallest absolute Gasteiger partial charge is 0.255 e. The lowest BCUT2D eigenvalue weighted by Gasteiger charge is -2.11. The standard InChI is InChI=1S/C13H13N3O4S/c1-8-10(3-2-4-11(8)21(14,19)20)16-13(18)9-5-6-15-12(17)7-9/h2-7H,1H3,(H,15,17)(H,16,18)(H2,14,19,20). The first kappa shape index (κ1) is 14.9. The molecule has 0 aliphatic rings. The first-order valence-electron chi connectivity index (χ1n) is 5.91. The van der Waals surface area contributed by atoms with Crippen LogP contribution in [-0.4, -0.2) is 19.3 Å². The number of primary sulfonamides is 1. The number of aromatic amines is 1. The minimum absolute atomic E-state index is 0.0637. The van der Waals surface area contributed by atoms with Crippen LogP contribution in [0, 0.1) is 6.92 Å². The third-order valence-corrected chi connectivity index (χ3v) is 3.93. The number of H-pyrrole nitrogens is 1. The van der Waals surface area contributed by atoms with Gasteiger partial charge in [0.15, 0.2) is 0 Å². The van der Waals surface area contributed by atoms with Gasteiger partial charge < -0.3 is 10.3 Å². The molecule has 2 rings (SSSR count). The Bertz CT molecular complexity index is 856. The zero-order valence-corrected chi connectivity index (χ0v) is 11.9. The van der Waals surface area contributed by atoms with Crippen LogP contribution >= 0.6 is 0 Å². The number of sulfonamides is 1. The third kappa shape index (κ3) is 3.36. The van der Waals surface area contributed by atoms with Gasteiger partial charge in [-0.3, -0.25) is 9.59 Å². The molecule has 0 spiro atoms. The zero-order chi connectivity index (χ0) is 15.6. The molecule has 110 valence electrons. The molecule has 0 saturated carbocycles. The van der Waals surface area contributed by atoms with Crippen LogP contribution in [0.4, 0.5) is 5.69 Å². The molecule has 0 radical (unpaired) electrons. The number of nitrogens with two attached hydrogens (primary N) is 1. The monoisotopic (exact) mass is 307 g/mol. The molecule has 8 heteroatoms. The molecule has 0 bridgehead atoms. The van der Waals surface area contributed by atoms with Gasteiger partial charge in [-0.25, -0.2) is 13.6 Å². The van der Waals surface area contributed by atoms with Crippen LogP contribution in [0.2, 0.25) is 0 Å². The molecule has 0 aliphatic heterocycles. The number of benzene rings is 1. The van der Waals surface area contributed by atoms with Crippen LogP contribution in [0.5, 0.6) is 0 Å². The fourth-order valence-corrected chi connectivity index (χ4v) is 2.64. The molecule has 0 fully saturated rings. The van der Waals surface area contributed by atoms with E-state index in [1.54, 1.807) is 6.07 Å². The fraction of sp³-hybridized carbons (Fsp3) is 0.0769. The summed E-state index contributed by atoms with van der Waals surface area (Å²) in [5, 5.41) is 7.66. The van der Waals surface area contributed by atoms with E-state index in [2.05, 4.69) is 10.3 Å². The molecule has 2 aromatic rings. The van der Waals surface area contributed by atoms with Gasteiger partial charge in [-0.15, -0.1) is 0 Å². The molecule has 0 aliphatic carbocycles. The van der Waals surface area contributed by atoms with E-state index in [-0.39, 0.29) is 10.5 Å². The second-order valence-corrected chi connectivity index (χ2v) is 5.90. The largest absolute Gasteiger partial charge is 0.329 e. The SMILES string of the molecule is Cc1c(NC(=O)c2cc[nH]c(=O)c2)cccc1S(N)(=O)=O. The van der Waals surface area contributed by atoms with E-state index < -0.39 is 21.5 Å². The van der Waals surface area contributed by atoms with Crippen LogP contribution in [0.15, 0.2) is 46.2 Å². The molecule has 1 heterocycles. The van der Waals surface area contributed by atoms with Crippen molar-refractivity contribution in [1.82, 2.24) is 4.98 Å². The Morgan fingerprint density at radius 2 is 2.00 bits per heavy atom. The van der Waals surface area contributed by atoms with E-state index in [9.17, 15) is 18.0 Å². The minimum Gasteiger partial charge on any atom is -0.329 e. The normalized spacial score (nSPS) is 11.1. The number of carbonyl (C=O) groups excluding carboxylic acids is 1. The number of anilines is 1. The van der Waals surface area contributed by atoms with Gasteiger partial charge in [-0.2, -0.15) is 0 Å². The summed E-state index contributed by atoms with van der Waals surface area (Å²) in [5.74, 6) is -0.518. The van der Waals surface area contributed by atoms with Crippen molar-refractivity contribution in [3.05, 3.63) is 58.0 Å². The van der Waals surface area contributed by atoms with Gasteiger partial charge in [0.1, 0.15) is 0 Å². The van der Waals surface area contributed by atoms with Crippen LogP contribution in [0.25, 0.3) is 0 Å². The summed E-state index contributed by atoms with van der Waals surface area (Å²) in [4.78, 5) is 25.5. The van der Waals surface area contributed by atoms with E-state index in [4.69, 9.17) is 5.14 Å². The topological polar surface area (TPSA) is 122 Å². The Balaban J connectivity index is 2.37. The van der Waals surface area contributed by atoms with E-state index in [1.165, 1.54) is 31.3 Å². The van der Waals surface area contributed by atoms with Crippen LogP contribution in [0.1, 0.15) is 15.9 Å². The summed E-state index contributed by atoms with van der Waals surface area (Å²) < 4.78 is 22.9. The number of rotatable bonds is 3. The van der Waals surface area contributed by atoms with Crippen molar-refractivity contribution in [1.29, 1.82) is 0 Å². The van der Waals surface area contributed by atoms with E-state index in [0.29, 0.717) is 11.3 Å². The van der Waals surface area contributed by atoms with Crippen molar-refractivity contribution in [2.24, 2.45) is 5.14 Å². The molecular formula is C13H13N3O4S. The van der Waals surface area contributed by atoms with Crippen molar-refractivity contribution < 1.29 is 13.2 Å². The number of aromatic nitrogens is 1. The van der Waals surface area contributed by atoms with Crippen molar-refractivity contribution in [3.8, 4) is 0 Å². The van der Waals surface area contributed by atoms with Gasteiger partial charge in [-0.05, 0) is 30.7 Å². The lowest BCUT2D eigenvalue weighted by molar-refractivity contribution is 0.102. The van der Waals surface area contributed by atoms with Gasteiger partial charge in [0, 0.05) is 23.5 Å². The highest BCUT2D eigenvalue weighted by atomic mass is 32.2. The lowest BCUT2D eigenvalue weighted by atomic mass is 10.2. The number of nitrogens with one attached hydrogen (secondary N) is 2. The number of hydrogen-bond donors (Lipinski definition) is 3. The first-order valence-corrected chi connectivity index (χ1v) is 7.46. The Hall–Kier alpha value is -2.45. The quantitative estimate of drug-likeness (QED) is 0.767. The highest BCUT2D eigenvalue weighted by molar-refractivity contribution is 7.89. The maximum Gasteiger partial charge on any atom is 0.255 e. The molecule has 4 N–H and O–H groups in total. The molecule has 1 amide bonds. The molecule has 0 unspecified atom stereocenters. The maximum atomic E-state index is 12.0.